The van der Waals surface area contributed by atoms with Crippen molar-refractivity contribution >= 4 is 23.5 Å². The first-order chi connectivity index (χ1) is 11.4. The number of allylic oxidation sites excluding steroid dienone is 2. The molecule has 0 unspecified atom stereocenters. The number of carbonyl (C=O) groups excluding carboxylic acids is 2. The average molecular weight is 328 g/mol. The van der Waals surface area contributed by atoms with Crippen LogP contribution < -0.4 is 5.32 Å². The molecule has 4 atom stereocenters. The summed E-state index contributed by atoms with van der Waals surface area (Å²) in [5.74, 6) is -2.71. The molecule has 1 aromatic rings. The Hall–Kier alpha value is -2.63. The Morgan fingerprint density at radius 1 is 1.12 bits per heavy atom. The van der Waals surface area contributed by atoms with Crippen LogP contribution in [0.25, 0.3) is 0 Å². The predicted molar refractivity (Wildman–Crippen MR) is 88.4 cm³/mol. The van der Waals surface area contributed by atoms with Gasteiger partial charge in [0.1, 0.15) is 0 Å². The number of nitrogens with zero attached hydrogens (tertiary/aromatic N) is 1. The van der Waals surface area contributed by atoms with Gasteiger partial charge in [0.2, 0.25) is 5.91 Å². The highest BCUT2D eigenvalue weighted by molar-refractivity contribution is 5.99. The minimum absolute atomic E-state index is 0.0253. The van der Waals surface area contributed by atoms with Crippen LogP contribution in [0.1, 0.15) is 16.8 Å². The normalized spacial score (nSPS) is 27.1. The summed E-state index contributed by atoms with van der Waals surface area (Å²) >= 11 is 0. The van der Waals surface area contributed by atoms with Crippen molar-refractivity contribution in [3.8, 4) is 0 Å². The second-order valence-corrected chi connectivity index (χ2v) is 6.61. The monoisotopic (exact) mass is 328 g/mol. The number of hydrogen-bond donors (Lipinski definition) is 2. The third kappa shape index (κ3) is 2.79. The van der Waals surface area contributed by atoms with Gasteiger partial charge in [0, 0.05) is 25.3 Å². The Morgan fingerprint density at radius 3 is 2.42 bits per heavy atom. The molecule has 2 amide bonds. The molecule has 0 spiro atoms. The van der Waals surface area contributed by atoms with E-state index in [1.54, 1.807) is 38.4 Å². The molecule has 0 aliphatic heterocycles. The Labute approximate surface area is 140 Å². The molecule has 1 fully saturated rings. The van der Waals surface area contributed by atoms with Crippen LogP contribution in [-0.2, 0) is 9.59 Å². The lowest BCUT2D eigenvalue weighted by atomic mass is 9.82. The second-order valence-electron chi connectivity index (χ2n) is 6.61. The zero-order valence-electron chi connectivity index (χ0n) is 13.6. The fourth-order valence-electron chi connectivity index (χ4n) is 3.73. The highest BCUT2D eigenvalue weighted by Crippen LogP contribution is 2.48. The van der Waals surface area contributed by atoms with Gasteiger partial charge in [-0.15, -0.1) is 0 Å². The smallest absolute Gasteiger partial charge is 0.307 e. The van der Waals surface area contributed by atoms with Gasteiger partial charge < -0.3 is 15.3 Å². The van der Waals surface area contributed by atoms with Crippen LogP contribution in [-0.4, -0.2) is 41.9 Å². The molecule has 3 rings (SSSR count). The van der Waals surface area contributed by atoms with E-state index in [4.69, 9.17) is 0 Å². The van der Waals surface area contributed by atoms with Crippen molar-refractivity contribution in [2.75, 3.05) is 19.4 Å². The van der Waals surface area contributed by atoms with Crippen LogP contribution in [0.3, 0.4) is 0 Å². The molecule has 24 heavy (non-hydrogen) atoms. The number of nitrogens with one attached hydrogen (secondary N) is 1. The minimum Gasteiger partial charge on any atom is -0.481 e. The number of aliphatic carboxylic acids is 1. The molecule has 126 valence electrons. The molecular formula is C18H20N2O4. The van der Waals surface area contributed by atoms with E-state index in [2.05, 4.69) is 5.32 Å². The highest BCUT2D eigenvalue weighted by atomic mass is 16.4. The van der Waals surface area contributed by atoms with Gasteiger partial charge in [-0.2, -0.15) is 0 Å². The molecule has 0 saturated heterocycles. The number of carboxylic acid groups (broad SMARTS) is 1. The van der Waals surface area contributed by atoms with Gasteiger partial charge in [-0.1, -0.05) is 18.2 Å². The van der Waals surface area contributed by atoms with E-state index in [0.29, 0.717) is 17.7 Å². The first-order valence-corrected chi connectivity index (χ1v) is 7.92. The summed E-state index contributed by atoms with van der Waals surface area (Å²) < 4.78 is 0. The maximum Gasteiger partial charge on any atom is 0.307 e. The molecule has 2 aliphatic rings. The molecule has 6 heteroatoms. The summed E-state index contributed by atoms with van der Waals surface area (Å²) in [4.78, 5) is 37.6. The molecule has 0 heterocycles. The Kier molecular flexibility index (Phi) is 4.13. The molecule has 2 N–H and O–H groups in total. The van der Waals surface area contributed by atoms with Crippen LogP contribution in [0.2, 0.25) is 0 Å². The molecule has 0 aromatic heterocycles. The van der Waals surface area contributed by atoms with Crippen LogP contribution >= 0.6 is 0 Å². The number of amides is 2. The number of hydrogen-bond acceptors (Lipinski definition) is 3. The van der Waals surface area contributed by atoms with Crippen molar-refractivity contribution < 1.29 is 19.5 Å². The van der Waals surface area contributed by atoms with Crippen molar-refractivity contribution in [3.05, 3.63) is 42.0 Å². The first kappa shape index (κ1) is 16.2. The lowest BCUT2D eigenvalue weighted by Crippen LogP contribution is -2.36. The Balaban J connectivity index is 1.78. The Bertz CT molecular complexity index is 725. The molecule has 0 radical (unpaired) electrons. The largest absolute Gasteiger partial charge is 0.481 e. The zero-order valence-corrected chi connectivity index (χ0v) is 13.6. The molecular weight excluding hydrogens is 308 g/mol. The summed E-state index contributed by atoms with van der Waals surface area (Å²) in [6, 6.07) is 6.68. The molecule has 1 saturated carbocycles. The number of carboxylic acids is 1. The van der Waals surface area contributed by atoms with E-state index in [1.807, 2.05) is 12.2 Å². The molecule has 2 aliphatic carbocycles. The number of benzene rings is 1. The van der Waals surface area contributed by atoms with Gasteiger partial charge in [-0.05, 0) is 36.5 Å². The summed E-state index contributed by atoms with van der Waals surface area (Å²) in [6.45, 7) is 0. The second kappa shape index (κ2) is 6.11. The number of anilines is 1. The Morgan fingerprint density at radius 2 is 1.79 bits per heavy atom. The van der Waals surface area contributed by atoms with Crippen LogP contribution in [0.4, 0.5) is 5.69 Å². The predicted octanol–water partition coefficient (Wildman–Crippen LogP) is 1.85. The third-order valence-corrected chi connectivity index (χ3v) is 4.83. The molecule has 1 aromatic carbocycles. The maximum atomic E-state index is 12.6. The average Bonchev–Trinajstić information content (AvgIpc) is 3.15. The van der Waals surface area contributed by atoms with E-state index in [-0.39, 0.29) is 23.7 Å². The van der Waals surface area contributed by atoms with Crippen molar-refractivity contribution in [1.82, 2.24) is 4.90 Å². The van der Waals surface area contributed by atoms with Crippen molar-refractivity contribution in [1.29, 1.82) is 0 Å². The summed E-state index contributed by atoms with van der Waals surface area (Å²) in [7, 11) is 3.32. The van der Waals surface area contributed by atoms with E-state index >= 15 is 0 Å². The minimum atomic E-state index is -0.927. The number of fused-ring (bicyclic) bond motifs is 2. The zero-order chi connectivity index (χ0) is 17.4. The fourth-order valence-corrected chi connectivity index (χ4v) is 3.73. The van der Waals surface area contributed by atoms with Gasteiger partial charge >= 0.3 is 5.97 Å². The van der Waals surface area contributed by atoms with Crippen LogP contribution in [0.15, 0.2) is 36.4 Å². The third-order valence-electron chi connectivity index (χ3n) is 4.83. The lowest BCUT2D eigenvalue weighted by molar-refractivity contribution is -0.146. The highest BCUT2D eigenvalue weighted by Gasteiger charge is 2.51. The van der Waals surface area contributed by atoms with Gasteiger partial charge in [-0.3, -0.25) is 14.4 Å². The first-order valence-electron chi connectivity index (χ1n) is 7.92. The SMILES string of the molecule is CN(C)C(=O)c1cccc(NC(=O)[C@H]2[C@H](C(=O)O)[C@H]3C=C[C@H]2C3)c1. The molecule has 2 bridgehead atoms. The molecule has 6 nitrogen and oxygen atoms in total. The van der Waals surface area contributed by atoms with E-state index in [0.717, 1.165) is 0 Å². The quantitative estimate of drug-likeness (QED) is 0.826. The maximum absolute atomic E-state index is 12.6. The van der Waals surface area contributed by atoms with Gasteiger partial charge in [0.15, 0.2) is 0 Å². The number of carbonyl (C=O) groups is 3. The summed E-state index contributed by atoms with van der Waals surface area (Å²) in [5.41, 5.74) is 0.976. The van der Waals surface area contributed by atoms with Crippen molar-refractivity contribution in [2.24, 2.45) is 23.7 Å². The van der Waals surface area contributed by atoms with E-state index in [1.165, 1.54) is 4.90 Å². The van der Waals surface area contributed by atoms with Gasteiger partial charge in [0.05, 0.1) is 11.8 Å². The number of rotatable bonds is 4. The standard InChI is InChI=1S/C18H20N2O4/c1-20(2)17(22)12-4-3-5-13(9-12)19-16(21)14-10-6-7-11(8-10)15(14)18(23)24/h3-7,9-11,14-15H,8H2,1-2H3,(H,19,21)(H,23,24)/t10-,11-,14+,15+/m0/s1. The van der Waals surface area contributed by atoms with E-state index in [9.17, 15) is 19.5 Å². The fraction of sp³-hybridized carbons (Fsp3) is 0.389. The lowest BCUT2D eigenvalue weighted by Gasteiger charge is -2.24. The van der Waals surface area contributed by atoms with Crippen molar-refractivity contribution in [3.63, 3.8) is 0 Å². The van der Waals surface area contributed by atoms with Gasteiger partial charge in [-0.25, -0.2) is 0 Å². The van der Waals surface area contributed by atoms with E-state index < -0.39 is 17.8 Å². The van der Waals surface area contributed by atoms with Crippen molar-refractivity contribution in [2.45, 2.75) is 6.42 Å². The summed E-state index contributed by atoms with van der Waals surface area (Å²) in [5, 5.41) is 12.2. The topological polar surface area (TPSA) is 86.7 Å². The van der Waals surface area contributed by atoms with Crippen LogP contribution in [0.5, 0.6) is 0 Å². The summed E-state index contributed by atoms with van der Waals surface area (Å²) in [6.07, 6.45) is 4.57. The van der Waals surface area contributed by atoms with Crippen LogP contribution in [0, 0.1) is 23.7 Å². The van der Waals surface area contributed by atoms with Gasteiger partial charge in [0.25, 0.3) is 5.91 Å².